The molecule has 0 aliphatic heterocycles. The van der Waals surface area contributed by atoms with E-state index in [0.29, 0.717) is 22.1 Å². The second-order valence-corrected chi connectivity index (χ2v) is 5.30. The molecule has 0 heterocycles. The van der Waals surface area contributed by atoms with E-state index in [4.69, 9.17) is 22.6 Å². The smallest absolute Gasteiger partial charge is 0.267 e. The summed E-state index contributed by atoms with van der Waals surface area (Å²) in [4.78, 5) is 12.1. The maximum atomic E-state index is 12.1. The SMILES string of the molecule is Cc1ccc(N/C=C(/C#N)C(=O)Nc2ccc(Cl)cc2)c(N)c1. The van der Waals surface area contributed by atoms with Crippen molar-refractivity contribution in [2.75, 3.05) is 16.4 Å². The number of nitrogens with two attached hydrogens (primary N) is 1. The fourth-order valence-electron chi connectivity index (χ4n) is 1.84. The van der Waals surface area contributed by atoms with Crippen molar-refractivity contribution < 1.29 is 4.79 Å². The highest BCUT2D eigenvalue weighted by atomic mass is 35.5. The van der Waals surface area contributed by atoms with Gasteiger partial charge in [-0.1, -0.05) is 17.7 Å². The summed E-state index contributed by atoms with van der Waals surface area (Å²) in [5, 5.41) is 15.2. The zero-order chi connectivity index (χ0) is 16.8. The number of nitrogens with one attached hydrogen (secondary N) is 2. The van der Waals surface area contributed by atoms with Gasteiger partial charge in [-0.05, 0) is 48.9 Å². The highest BCUT2D eigenvalue weighted by molar-refractivity contribution is 6.30. The molecule has 6 heteroatoms. The van der Waals surface area contributed by atoms with Crippen LogP contribution in [-0.2, 0) is 4.79 Å². The number of amides is 1. The molecule has 2 aromatic rings. The topological polar surface area (TPSA) is 90.9 Å². The first kappa shape index (κ1) is 16.4. The molecule has 1 amide bonds. The number of rotatable bonds is 4. The van der Waals surface area contributed by atoms with Crippen molar-refractivity contribution in [2.45, 2.75) is 6.92 Å². The minimum atomic E-state index is -0.520. The number of hydrogen-bond acceptors (Lipinski definition) is 4. The van der Waals surface area contributed by atoms with Crippen LogP contribution in [0.4, 0.5) is 17.1 Å². The lowest BCUT2D eigenvalue weighted by molar-refractivity contribution is -0.112. The van der Waals surface area contributed by atoms with E-state index in [1.54, 1.807) is 36.4 Å². The lowest BCUT2D eigenvalue weighted by Crippen LogP contribution is -2.14. The van der Waals surface area contributed by atoms with Gasteiger partial charge < -0.3 is 16.4 Å². The molecular weight excluding hydrogens is 312 g/mol. The fourth-order valence-corrected chi connectivity index (χ4v) is 1.97. The summed E-state index contributed by atoms with van der Waals surface area (Å²) in [6.45, 7) is 1.93. The monoisotopic (exact) mass is 326 g/mol. The zero-order valence-electron chi connectivity index (χ0n) is 12.4. The van der Waals surface area contributed by atoms with Gasteiger partial charge in [0.25, 0.3) is 5.91 Å². The van der Waals surface area contributed by atoms with Crippen LogP contribution < -0.4 is 16.4 Å². The van der Waals surface area contributed by atoms with Crippen molar-refractivity contribution in [3.05, 3.63) is 64.8 Å². The summed E-state index contributed by atoms with van der Waals surface area (Å²) >= 11 is 5.78. The van der Waals surface area contributed by atoms with Gasteiger partial charge >= 0.3 is 0 Å². The third-order valence-corrected chi connectivity index (χ3v) is 3.30. The van der Waals surface area contributed by atoms with E-state index >= 15 is 0 Å². The molecule has 0 atom stereocenters. The number of benzene rings is 2. The Morgan fingerprint density at radius 2 is 1.96 bits per heavy atom. The minimum Gasteiger partial charge on any atom is -0.397 e. The molecule has 2 aromatic carbocycles. The van der Waals surface area contributed by atoms with Gasteiger partial charge in [0.05, 0.1) is 11.4 Å². The van der Waals surface area contributed by atoms with Crippen LogP contribution in [0, 0.1) is 18.3 Å². The molecule has 0 aliphatic rings. The quantitative estimate of drug-likeness (QED) is 0.454. The van der Waals surface area contributed by atoms with E-state index in [0.717, 1.165) is 5.56 Å². The first-order valence-corrected chi connectivity index (χ1v) is 7.17. The van der Waals surface area contributed by atoms with Crippen molar-refractivity contribution in [2.24, 2.45) is 0 Å². The van der Waals surface area contributed by atoms with Gasteiger partial charge in [-0.3, -0.25) is 4.79 Å². The molecule has 0 radical (unpaired) electrons. The number of carbonyl (C=O) groups is 1. The molecule has 0 aliphatic carbocycles. The van der Waals surface area contributed by atoms with Crippen LogP contribution in [0.3, 0.4) is 0 Å². The van der Waals surface area contributed by atoms with E-state index < -0.39 is 5.91 Å². The Kier molecular flexibility index (Phi) is 5.23. The van der Waals surface area contributed by atoms with Gasteiger partial charge in [0.15, 0.2) is 0 Å². The van der Waals surface area contributed by atoms with E-state index in [2.05, 4.69) is 10.6 Å². The number of carbonyl (C=O) groups excluding carboxylic acids is 1. The lowest BCUT2D eigenvalue weighted by atomic mass is 10.2. The number of anilines is 3. The van der Waals surface area contributed by atoms with Gasteiger partial charge in [-0.25, -0.2) is 0 Å². The molecular formula is C17H15ClN4O. The van der Waals surface area contributed by atoms with Gasteiger partial charge in [-0.15, -0.1) is 0 Å². The van der Waals surface area contributed by atoms with Crippen molar-refractivity contribution in [3.8, 4) is 6.07 Å². The zero-order valence-corrected chi connectivity index (χ0v) is 13.2. The molecule has 0 unspecified atom stereocenters. The molecule has 23 heavy (non-hydrogen) atoms. The number of nitrogen functional groups attached to an aromatic ring is 1. The first-order valence-electron chi connectivity index (χ1n) is 6.79. The highest BCUT2D eigenvalue weighted by Gasteiger charge is 2.09. The van der Waals surface area contributed by atoms with Crippen molar-refractivity contribution >= 4 is 34.6 Å². The summed E-state index contributed by atoms with van der Waals surface area (Å²) in [5.41, 5.74) is 8.55. The lowest BCUT2D eigenvalue weighted by Gasteiger charge is -2.07. The summed E-state index contributed by atoms with van der Waals surface area (Å²) in [7, 11) is 0. The number of hydrogen-bond donors (Lipinski definition) is 3. The van der Waals surface area contributed by atoms with Crippen molar-refractivity contribution in [3.63, 3.8) is 0 Å². The average molecular weight is 327 g/mol. The van der Waals surface area contributed by atoms with Gasteiger partial charge in [0, 0.05) is 16.9 Å². The molecule has 0 fully saturated rings. The predicted octanol–water partition coefficient (Wildman–Crippen LogP) is 3.69. The summed E-state index contributed by atoms with van der Waals surface area (Å²) in [6, 6.07) is 13.9. The number of aryl methyl sites for hydroxylation is 1. The first-order chi connectivity index (χ1) is 11.0. The molecule has 0 aromatic heterocycles. The maximum Gasteiger partial charge on any atom is 0.267 e. The normalized spacial score (nSPS) is 10.7. The largest absolute Gasteiger partial charge is 0.397 e. The van der Waals surface area contributed by atoms with Crippen molar-refractivity contribution in [1.29, 1.82) is 5.26 Å². The molecule has 0 saturated carbocycles. The third-order valence-electron chi connectivity index (χ3n) is 3.05. The Balaban J connectivity index is 2.10. The van der Waals surface area contributed by atoms with Crippen molar-refractivity contribution in [1.82, 2.24) is 0 Å². The van der Waals surface area contributed by atoms with Crippen LogP contribution in [0.5, 0.6) is 0 Å². The molecule has 5 nitrogen and oxygen atoms in total. The van der Waals surface area contributed by atoms with E-state index in [-0.39, 0.29) is 5.57 Å². The number of halogens is 1. The Morgan fingerprint density at radius 3 is 2.57 bits per heavy atom. The molecule has 0 bridgehead atoms. The van der Waals surface area contributed by atoms with Gasteiger partial charge in [0.1, 0.15) is 11.6 Å². The molecule has 116 valence electrons. The predicted molar refractivity (Wildman–Crippen MR) is 93.0 cm³/mol. The van der Waals surface area contributed by atoms with E-state index in [1.165, 1.54) is 6.20 Å². The molecule has 4 N–H and O–H groups in total. The maximum absolute atomic E-state index is 12.1. The molecule has 0 saturated heterocycles. The van der Waals surface area contributed by atoms with Crippen LogP contribution >= 0.6 is 11.6 Å². The summed E-state index contributed by atoms with van der Waals surface area (Å²) in [6.07, 6.45) is 1.33. The van der Waals surface area contributed by atoms with Gasteiger partial charge in [0.2, 0.25) is 0 Å². The van der Waals surface area contributed by atoms with Crippen LogP contribution in [0.1, 0.15) is 5.56 Å². The summed E-state index contributed by atoms with van der Waals surface area (Å²) in [5.74, 6) is -0.520. The second kappa shape index (κ2) is 7.34. The average Bonchev–Trinajstić information content (AvgIpc) is 2.52. The van der Waals surface area contributed by atoms with Crippen LogP contribution in [0.2, 0.25) is 5.02 Å². The Morgan fingerprint density at radius 1 is 1.26 bits per heavy atom. The van der Waals surface area contributed by atoms with Crippen LogP contribution in [0.25, 0.3) is 0 Å². The highest BCUT2D eigenvalue weighted by Crippen LogP contribution is 2.20. The van der Waals surface area contributed by atoms with Gasteiger partial charge in [-0.2, -0.15) is 5.26 Å². The summed E-state index contributed by atoms with van der Waals surface area (Å²) < 4.78 is 0. The van der Waals surface area contributed by atoms with E-state index in [9.17, 15) is 4.79 Å². The Hall–Kier alpha value is -2.97. The van der Waals surface area contributed by atoms with Crippen LogP contribution in [-0.4, -0.2) is 5.91 Å². The Bertz CT molecular complexity index is 791. The number of nitriles is 1. The third kappa shape index (κ3) is 4.50. The van der Waals surface area contributed by atoms with Crippen LogP contribution in [0.15, 0.2) is 54.2 Å². The molecule has 0 spiro atoms. The minimum absolute atomic E-state index is 0.0695. The fraction of sp³-hybridized carbons (Fsp3) is 0.0588. The second-order valence-electron chi connectivity index (χ2n) is 4.87. The molecule has 2 rings (SSSR count). The van der Waals surface area contributed by atoms with E-state index in [1.807, 2.05) is 19.1 Å². The Labute approximate surface area is 139 Å². The number of nitrogens with zero attached hydrogens (tertiary/aromatic N) is 1. The standard InChI is InChI=1S/C17H15ClN4O/c1-11-2-7-16(15(20)8-11)21-10-12(9-19)17(23)22-14-5-3-13(18)4-6-14/h2-8,10,21H,20H2,1H3,(H,22,23)/b12-10-.